The van der Waals surface area contributed by atoms with Gasteiger partial charge in [0.2, 0.25) is 0 Å². The molecule has 0 spiro atoms. The fraction of sp³-hybridized carbons (Fsp3) is 0.450. The van der Waals surface area contributed by atoms with Crippen LogP contribution in [0.1, 0.15) is 63.0 Å². The molecular formula is C20H25N. The maximum Gasteiger partial charge on any atom is 0.0991 e. The van der Waals surface area contributed by atoms with Gasteiger partial charge in [0.15, 0.2) is 0 Å². The standard InChI is InChI=1S/C20H25N/c1-3-16(2)5-4-6-17-7-11-19(12-8-17)20-13-9-18(15-21)10-14-20/h4-6,9-10,13-14,17,19H,3,7-8,11-12H2,1-2H3/b6-4+,16-5+. The van der Waals surface area contributed by atoms with Crippen molar-refractivity contribution in [3.63, 3.8) is 0 Å². The predicted octanol–water partition coefficient (Wildman–Crippen LogP) is 5.74. The number of nitriles is 1. The average Bonchev–Trinajstić information content (AvgIpc) is 2.55. The molecule has 0 saturated heterocycles. The molecule has 0 bridgehead atoms. The van der Waals surface area contributed by atoms with Gasteiger partial charge in [-0.1, -0.05) is 42.9 Å². The van der Waals surface area contributed by atoms with E-state index in [0.717, 1.165) is 17.9 Å². The van der Waals surface area contributed by atoms with E-state index in [9.17, 15) is 0 Å². The molecule has 0 N–H and O–H groups in total. The molecule has 0 heterocycles. The first-order valence-corrected chi connectivity index (χ1v) is 8.07. The van der Waals surface area contributed by atoms with E-state index in [2.05, 4.69) is 50.3 Å². The molecule has 0 amide bonds. The Morgan fingerprint density at radius 2 is 1.86 bits per heavy atom. The number of benzene rings is 1. The van der Waals surface area contributed by atoms with Crippen molar-refractivity contribution in [3.05, 3.63) is 59.2 Å². The molecule has 1 nitrogen and oxygen atoms in total. The number of allylic oxidation sites excluding steroid dienone is 4. The van der Waals surface area contributed by atoms with Crippen LogP contribution < -0.4 is 0 Å². The molecule has 1 aromatic carbocycles. The van der Waals surface area contributed by atoms with Gasteiger partial charge in [0.25, 0.3) is 0 Å². The van der Waals surface area contributed by atoms with Crippen LogP contribution in [0.3, 0.4) is 0 Å². The van der Waals surface area contributed by atoms with E-state index in [-0.39, 0.29) is 0 Å². The van der Waals surface area contributed by atoms with Gasteiger partial charge in [-0.15, -0.1) is 0 Å². The third-order valence-corrected chi connectivity index (χ3v) is 4.60. The van der Waals surface area contributed by atoms with Gasteiger partial charge in [-0.25, -0.2) is 0 Å². The highest BCUT2D eigenvalue weighted by molar-refractivity contribution is 5.33. The summed E-state index contributed by atoms with van der Waals surface area (Å²) in [7, 11) is 0. The van der Waals surface area contributed by atoms with Gasteiger partial charge in [0.1, 0.15) is 0 Å². The van der Waals surface area contributed by atoms with Crippen LogP contribution in [0.5, 0.6) is 0 Å². The Morgan fingerprint density at radius 1 is 1.19 bits per heavy atom. The van der Waals surface area contributed by atoms with E-state index in [0.29, 0.717) is 5.92 Å². The van der Waals surface area contributed by atoms with Crippen molar-refractivity contribution in [1.29, 1.82) is 5.26 Å². The minimum Gasteiger partial charge on any atom is -0.192 e. The lowest BCUT2D eigenvalue weighted by Gasteiger charge is -2.27. The lowest BCUT2D eigenvalue weighted by atomic mass is 9.78. The zero-order chi connectivity index (χ0) is 15.1. The Labute approximate surface area is 129 Å². The first-order chi connectivity index (χ1) is 10.2. The number of nitrogens with zero attached hydrogens (tertiary/aromatic N) is 1. The summed E-state index contributed by atoms with van der Waals surface area (Å²) in [5, 5.41) is 8.85. The van der Waals surface area contributed by atoms with Crippen molar-refractivity contribution >= 4 is 0 Å². The summed E-state index contributed by atoms with van der Waals surface area (Å²) < 4.78 is 0. The van der Waals surface area contributed by atoms with Crippen LogP contribution in [0.15, 0.2) is 48.1 Å². The minimum absolute atomic E-state index is 0.676. The lowest BCUT2D eigenvalue weighted by molar-refractivity contribution is 0.376. The van der Waals surface area contributed by atoms with Gasteiger partial charge in [0, 0.05) is 0 Å². The Hall–Kier alpha value is -1.81. The van der Waals surface area contributed by atoms with Crippen molar-refractivity contribution in [2.45, 2.75) is 51.9 Å². The Morgan fingerprint density at radius 3 is 2.43 bits per heavy atom. The number of hydrogen-bond acceptors (Lipinski definition) is 1. The Balaban J connectivity index is 1.86. The lowest BCUT2D eigenvalue weighted by Crippen LogP contribution is -2.11. The zero-order valence-electron chi connectivity index (χ0n) is 13.2. The van der Waals surface area contributed by atoms with Gasteiger partial charge >= 0.3 is 0 Å². The second-order valence-electron chi connectivity index (χ2n) is 6.10. The van der Waals surface area contributed by atoms with E-state index in [1.54, 1.807) is 0 Å². The highest BCUT2D eigenvalue weighted by Gasteiger charge is 2.20. The summed E-state index contributed by atoms with van der Waals surface area (Å²) in [4.78, 5) is 0. The molecule has 1 heteroatoms. The van der Waals surface area contributed by atoms with E-state index in [1.165, 1.54) is 36.8 Å². The molecule has 2 rings (SSSR count). The second-order valence-corrected chi connectivity index (χ2v) is 6.10. The van der Waals surface area contributed by atoms with Gasteiger partial charge < -0.3 is 0 Å². The maximum atomic E-state index is 8.85. The zero-order valence-corrected chi connectivity index (χ0v) is 13.2. The summed E-state index contributed by atoms with van der Waals surface area (Å²) in [5.74, 6) is 1.41. The molecule has 1 aliphatic carbocycles. The molecule has 0 radical (unpaired) electrons. The van der Waals surface area contributed by atoms with Crippen LogP contribution in [0.25, 0.3) is 0 Å². The SMILES string of the molecule is CC/C(C)=C/C=C/C1CCC(c2ccc(C#N)cc2)CC1. The second kappa shape index (κ2) is 7.84. The Kier molecular flexibility index (Phi) is 5.81. The molecule has 0 aliphatic heterocycles. The van der Waals surface area contributed by atoms with Gasteiger partial charge in [-0.3, -0.25) is 0 Å². The molecule has 0 aromatic heterocycles. The summed E-state index contributed by atoms with van der Waals surface area (Å²) in [5.41, 5.74) is 3.60. The van der Waals surface area contributed by atoms with Crippen LogP contribution in [0, 0.1) is 17.2 Å². The van der Waals surface area contributed by atoms with Crippen LogP contribution in [-0.2, 0) is 0 Å². The highest BCUT2D eigenvalue weighted by Crippen LogP contribution is 2.36. The normalized spacial score (nSPS) is 23.2. The smallest absolute Gasteiger partial charge is 0.0991 e. The average molecular weight is 279 g/mol. The fourth-order valence-electron chi connectivity index (χ4n) is 2.97. The predicted molar refractivity (Wildman–Crippen MR) is 89.0 cm³/mol. The molecule has 21 heavy (non-hydrogen) atoms. The summed E-state index contributed by atoms with van der Waals surface area (Å²) in [6.07, 6.45) is 13.1. The number of rotatable bonds is 4. The molecule has 0 unspecified atom stereocenters. The maximum absolute atomic E-state index is 8.85. The summed E-state index contributed by atoms with van der Waals surface area (Å²) in [6, 6.07) is 10.3. The third-order valence-electron chi connectivity index (χ3n) is 4.60. The summed E-state index contributed by atoms with van der Waals surface area (Å²) >= 11 is 0. The first-order valence-electron chi connectivity index (χ1n) is 8.07. The monoisotopic (exact) mass is 279 g/mol. The van der Waals surface area contributed by atoms with Gasteiger partial charge in [0.05, 0.1) is 11.6 Å². The van der Waals surface area contributed by atoms with Crippen LogP contribution in [0.4, 0.5) is 0 Å². The molecule has 1 aromatic rings. The van der Waals surface area contributed by atoms with Crippen molar-refractivity contribution in [2.75, 3.05) is 0 Å². The molecule has 0 atom stereocenters. The van der Waals surface area contributed by atoms with Crippen molar-refractivity contribution in [1.82, 2.24) is 0 Å². The fourth-order valence-corrected chi connectivity index (χ4v) is 2.97. The molecule has 1 aliphatic rings. The molecular weight excluding hydrogens is 254 g/mol. The van der Waals surface area contributed by atoms with E-state index < -0.39 is 0 Å². The molecule has 1 saturated carbocycles. The largest absolute Gasteiger partial charge is 0.192 e. The van der Waals surface area contributed by atoms with E-state index >= 15 is 0 Å². The highest BCUT2D eigenvalue weighted by atomic mass is 14.3. The van der Waals surface area contributed by atoms with Crippen molar-refractivity contribution in [3.8, 4) is 6.07 Å². The van der Waals surface area contributed by atoms with Crippen LogP contribution in [0.2, 0.25) is 0 Å². The van der Waals surface area contributed by atoms with Crippen molar-refractivity contribution < 1.29 is 0 Å². The van der Waals surface area contributed by atoms with Crippen molar-refractivity contribution in [2.24, 2.45) is 5.92 Å². The number of hydrogen-bond donors (Lipinski definition) is 0. The first kappa shape index (κ1) is 15.6. The van der Waals surface area contributed by atoms with E-state index in [4.69, 9.17) is 5.26 Å². The summed E-state index contributed by atoms with van der Waals surface area (Å²) in [6.45, 7) is 4.38. The van der Waals surface area contributed by atoms with Crippen LogP contribution in [-0.4, -0.2) is 0 Å². The Bertz CT molecular complexity index is 534. The minimum atomic E-state index is 0.676. The van der Waals surface area contributed by atoms with Gasteiger partial charge in [-0.05, 0) is 68.6 Å². The molecule has 110 valence electrons. The van der Waals surface area contributed by atoms with E-state index in [1.807, 2.05) is 12.1 Å². The van der Waals surface area contributed by atoms with Gasteiger partial charge in [-0.2, -0.15) is 5.26 Å². The topological polar surface area (TPSA) is 23.8 Å². The van der Waals surface area contributed by atoms with Crippen LogP contribution >= 0.6 is 0 Å². The molecule has 1 fully saturated rings. The third kappa shape index (κ3) is 4.60. The quantitative estimate of drug-likeness (QED) is 0.644.